The van der Waals surface area contributed by atoms with E-state index in [1.54, 1.807) is 4.90 Å². The summed E-state index contributed by atoms with van der Waals surface area (Å²) in [5.74, 6) is -0.176. The zero-order valence-electron chi connectivity index (χ0n) is 10.9. The van der Waals surface area contributed by atoms with Gasteiger partial charge in [-0.3, -0.25) is 4.79 Å². The van der Waals surface area contributed by atoms with Gasteiger partial charge in [0.15, 0.2) is 5.69 Å². The summed E-state index contributed by atoms with van der Waals surface area (Å²) in [5.41, 5.74) is 2.33. The van der Waals surface area contributed by atoms with Gasteiger partial charge in [0.05, 0.1) is 12.3 Å². The minimum Gasteiger partial charge on any atom is -0.450 e. The molecule has 1 amide bonds. The van der Waals surface area contributed by atoms with E-state index in [-0.39, 0.29) is 17.7 Å². The Labute approximate surface area is 124 Å². The number of fused-ring (bicyclic) bond motifs is 1. The highest BCUT2D eigenvalue weighted by atomic mass is 79.9. The van der Waals surface area contributed by atoms with Crippen molar-refractivity contribution in [3.63, 3.8) is 0 Å². The number of para-hydroxylation sites is 1. The number of anilines is 1. The Morgan fingerprint density at radius 2 is 2.40 bits per heavy atom. The second-order valence-electron chi connectivity index (χ2n) is 4.39. The average Bonchev–Trinajstić information content (AvgIpc) is 3.06. The molecule has 0 N–H and O–H groups in total. The normalized spacial score (nSPS) is 13.4. The van der Waals surface area contributed by atoms with Crippen molar-refractivity contribution in [3.8, 4) is 6.08 Å². The van der Waals surface area contributed by atoms with Crippen LogP contribution in [0.4, 0.5) is 5.69 Å². The van der Waals surface area contributed by atoms with Crippen molar-refractivity contribution < 1.29 is 13.9 Å². The van der Waals surface area contributed by atoms with Crippen LogP contribution in [0.15, 0.2) is 33.4 Å². The zero-order valence-corrected chi connectivity index (χ0v) is 12.5. The summed E-state index contributed by atoms with van der Waals surface area (Å²) in [6.07, 6.45) is 2.31. The third-order valence-electron chi connectivity index (χ3n) is 3.16. The molecule has 1 aromatic carbocycles. The maximum absolute atomic E-state index is 12.5. The summed E-state index contributed by atoms with van der Waals surface area (Å²) in [5, 5.41) is 0. The average molecular weight is 337 g/mol. The van der Waals surface area contributed by atoms with Crippen LogP contribution in [0.25, 0.3) is 0 Å². The second-order valence-corrected chi connectivity index (χ2v) is 5.24. The first-order valence-corrected chi connectivity index (χ1v) is 7.17. The summed E-state index contributed by atoms with van der Waals surface area (Å²) in [6, 6.07) is 5.93. The lowest BCUT2D eigenvalue weighted by atomic mass is 10.2. The Morgan fingerprint density at radius 1 is 1.55 bits per heavy atom. The highest BCUT2D eigenvalue weighted by Crippen LogP contribution is 2.36. The molecule has 20 heavy (non-hydrogen) atoms. The Hall–Kier alpha value is -1.82. The molecule has 0 atom stereocenters. The second kappa shape index (κ2) is 5.28. The topological polar surface area (TPSA) is 55.6 Å². The molecule has 0 saturated carbocycles. The number of benzene rings is 1. The molecule has 1 aliphatic heterocycles. The minimum atomic E-state index is -0.176. The summed E-state index contributed by atoms with van der Waals surface area (Å²) >= 11 is 3.50. The van der Waals surface area contributed by atoms with Gasteiger partial charge in [0, 0.05) is 11.0 Å². The van der Waals surface area contributed by atoms with Crippen molar-refractivity contribution >= 4 is 27.5 Å². The van der Waals surface area contributed by atoms with Crippen molar-refractivity contribution in [1.29, 1.82) is 0 Å². The minimum absolute atomic E-state index is 0.127. The van der Waals surface area contributed by atoms with Crippen LogP contribution < -0.4 is 9.64 Å². The van der Waals surface area contributed by atoms with E-state index in [0.29, 0.717) is 13.2 Å². The number of carbonyl (C=O) groups is 1. The third-order valence-corrected chi connectivity index (χ3v) is 3.80. The summed E-state index contributed by atoms with van der Waals surface area (Å²) < 4.78 is 11.2. The van der Waals surface area contributed by atoms with Crippen LogP contribution in [0.2, 0.25) is 0 Å². The van der Waals surface area contributed by atoms with Crippen LogP contribution in [0.5, 0.6) is 6.08 Å². The molecular weight excluding hydrogens is 324 g/mol. The molecular formula is C14H13BrN2O3. The van der Waals surface area contributed by atoms with Crippen molar-refractivity contribution in [3.05, 3.63) is 40.2 Å². The molecule has 0 saturated heterocycles. The number of amides is 1. The quantitative estimate of drug-likeness (QED) is 0.864. The van der Waals surface area contributed by atoms with Crippen LogP contribution in [0.3, 0.4) is 0 Å². The van der Waals surface area contributed by atoms with E-state index in [0.717, 1.165) is 22.1 Å². The lowest BCUT2D eigenvalue weighted by Crippen LogP contribution is -2.29. The smallest absolute Gasteiger partial charge is 0.394 e. The lowest BCUT2D eigenvalue weighted by molar-refractivity contribution is 0.0984. The van der Waals surface area contributed by atoms with E-state index < -0.39 is 0 Å². The Kier molecular flexibility index (Phi) is 3.48. The summed E-state index contributed by atoms with van der Waals surface area (Å²) in [4.78, 5) is 18.3. The number of nitrogens with zero attached hydrogens (tertiary/aromatic N) is 2. The van der Waals surface area contributed by atoms with Gasteiger partial charge in [0.1, 0.15) is 6.26 Å². The van der Waals surface area contributed by atoms with Crippen LogP contribution in [0, 0.1) is 0 Å². The van der Waals surface area contributed by atoms with Gasteiger partial charge in [-0.05, 0) is 40.9 Å². The molecule has 6 heteroatoms. The predicted octanol–water partition coefficient (Wildman–Crippen LogP) is 3.04. The van der Waals surface area contributed by atoms with Crippen molar-refractivity contribution in [2.75, 3.05) is 18.1 Å². The van der Waals surface area contributed by atoms with E-state index in [1.165, 1.54) is 6.26 Å². The van der Waals surface area contributed by atoms with Crippen molar-refractivity contribution in [2.45, 2.75) is 13.3 Å². The summed E-state index contributed by atoms with van der Waals surface area (Å²) in [6.45, 7) is 2.93. The van der Waals surface area contributed by atoms with Gasteiger partial charge in [-0.15, -0.1) is 0 Å². The Morgan fingerprint density at radius 3 is 3.20 bits per heavy atom. The van der Waals surface area contributed by atoms with E-state index in [2.05, 4.69) is 20.9 Å². The zero-order chi connectivity index (χ0) is 14.1. The first kappa shape index (κ1) is 13.2. The monoisotopic (exact) mass is 336 g/mol. The highest BCUT2D eigenvalue weighted by Gasteiger charge is 2.29. The molecule has 1 aromatic heterocycles. The van der Waals surface area contributed by atoms with Gasteiger partial charge >= 0.3 is 6.08 Å². The summed E-state index contributed by atoms with van der Waals surface area (Å²) in [7, 11) is 0. The molecule has 0 radical (unpaired) electrons. The van der Waals surface area contributed by atoms with Crippen molar-refractivity contribution in [2.24, 2.45) is 0 Å². The largest absolute Gasteiger partial charge is 0.450 e. The fraction of sp³-hybridized carbons (Fsp3) is 0.286. The van der Waals surface area contributed by atoms with Crippen LogP contribution >= 0.6 is 15.9 Å². The van der Waals surface area contributed by atoms with Gasteiger partial charge in [-0.2, -0.15) is 4.98 Å². The van der Waals surface area contributed by atoms with E-state index >= 15 is 0 Å². The molecule has 0 bridgehead atoms. The molecule has 2 aromatic rings. The van der Waals surface area contributed by atoms with Crippen LogP contribution in [-0.4, -0.2) is 24.0 Å². The molecule has 5 nitrogen and oxygen atoms in total. The van der Waals surface area contributed by atoms with Gasteiger partial charge in [0.25, 0.3) is 5.91 Å². The predicted molar refractivity (Wildman–Crippen MR) is 77.2 cm³/mol. The van der Waals surface area contributed by atoms with Crippen LogP contribution in [-0.2, 0) is 6.42 Å². The molecule has 2 heterocycles. The molecule has 0 unspecified atom stereocenters. The number of rotatable bonds is 3. The van der Waals surface area contributed by atoms with E-state index in [1.807, 2.05) is 25.1 Å². The Balaban J connectivity index is 1.89. The number of hydrogen-bond acceptors (Lipinski definition) is 4. The van der Waals surface area contributed by atoms with Gasteiger partial charge < -0.3 is 14.1 Å². The third kappa shape index (κ3) is 2.20. The first-order chi connectivity index (χ1) is 9.70. The van der Waals surface area contributed by atoms with Gasteiger partial charge in [0.2, 0.25) is 0 Å². The molecule has 3 rings (SSSR count). The SMILES string of the molecule is CCOc1nc(C(=O)N2CCc3cccc(Br)c32)co1. The maximum atomic E-state index is 12.5. The Bertz CT molecular complexity index is 654. The molecule has 0 aliphatic carbocycles. The fourth-order valence-electron chi connectivity index (χ4n) is 2.29. The van der Waals surface area contributed by atoms with E-state index in [4.69, 9.17) is 9.15 Å². The molecule has 0 spiro atoms. The number of ether oxygens (including phenoxy) is 1. The number of carbonyl (C=O) groups excluding carboxylic acids is 1. The molecule has 0 fully saturated rings. The van der Waals surface area contributed by atoms with Gasteiger partial charge in [-0.1, -0.05) is 12.1 Å². The first-order valence-electron chi connectivity index (χ1n) is 6.38. The van der Waals surface area contributed by atoms with Crippen LogP contribution in [0.1, 0.15) is 23.0 Å². The van der Waals surface area contributed by atoms with E-state index in [9.17, 15) is 4.79 Å². The molecule has 104 valence electrons. The number of oxazole rings is 1. The lowest BCUT2D eigenvalue weighted by Gasteiger charge is -2.16. The molecule has 1 aliphatic rings. The maximum Gasteiger partial charge on any atom is 0.394 e. The van der Waals surface area contributed by atoms with Gasteiger partial charge in [-0.25, -0.2) is 0 Å². The standard InChI is InChI=1S/C14H13BrN2O3/c1-2-19-14-16-11(8-20-14)13(18)17-7-6-9-4-3-5-10(15)12(9)17/h3-5,8H,2,6-7H2,1H3. The number of hydrogen-bond donors (Lipinski definition) is 0. The fourth-order valence-corrected chi connectivity index (χ4v) is 2.92. The van der Waals surface area contributed by atoms with Crippen molar-refractivity contribution in [1.82, 2.24) is 4.98 Å². The number of halogens is 1. The highest BCUT2D eigenvalue weighted by molar-refractivity contribution is 9.10. The number of aromatic nitrogens is 1.